The van der Waals surface area contributed by atoms with Crippen LogP contribution in [0.2, 0.25) is 0 Å². The molecule has 8 heteroatoms. The van der Waals surface area contributed by atoms with E-state index < -0.39 is 22.6 Å². The lowest BCUT2D eigenvalue weighted by Gasteiger charge is -2.35. The normalized spacial score (nSPS) is 32.6. The highest BCUT2D eigenvalue weighted by Crippen LogP contribution is 2.66. The second-order valence-corrected chi connectivity index (χ2v) is 11.8. The summed E-state index contributed by atoms with van der Waals surface area (Å²) >= 11 is 1.70. The van der Waals surface area contributed by atoms with Crippen LogP contribution in [-0.4, -0.2) is 63.0 Å². The maximum Gasteiger partial charge on any atom is 0.244 e. The van der Waals surface area contributed by atoms with E-state index in [0.717, 1.165) is 44.1 Å². The third-order valence-corrected chi connectivity index (χ3v) is 10.1. The summed E-state index contributed by atoms with van der Waals surface area (Å²) in [6.07, 6.45) is 7.48. The Bertz CT molecular complexity index is 922. The van der Waals surface area contributed by atoms with Crippen molar-refractivity contribution in [2.75, 3.05) is 13.2 Å². The van der Waals surface area contributed by atoms with Crippen LogP contribution in [0.15, 0.2) is 30.3 Å². The molecule has 1 aromatic rings. The molecule has 4 aliphatic rings. The molecule has 3 heterocycles. The topological polar surface area (TPSA) is 98.7 Å². The molecule has 3 amide bonds. The second kappa shape index (κ2) is 9.90. The summed E-state index contributed by atoms with van der Waals surface area (Å²) in [7, 11) is 0. The van der Waals surface area contributed by atoms with Crippen molar-refractivity contribution in [3.63, 3.8) is 0 Å². The molecule has 3 saturated heterocycles. The fourth-order valence-corrected chi connectivity index (χ4v) is 8.88. The number of amides is 3. The van der Waals surface area contributed by atoms with Gasteiger partial charge in [-0.2, -0.15) is 0 Å². The molecule has 2 unspecified atom stereocenters. The Morgan fingerprint density at radius 2 is 1.85 bits per heavy atom. The lowest BCUT2D eigenvalue weighted by Crippen LogP contribution is -2.55. The van der Waals surface area contributed by atoms with Gasteiger partial charge in [-0.05, 0) is 37.7 Å². The molecule has 1 saturated carbocycles. The summed E-state index contributed by atoms with van der Waals surface area (Å²) in [5.74, 6) is -1.14. The number of thioether (sulfide) groups is 1. The van der Waals surface area contributed by atoms with Gasteiger partial charge in [0.2, 0.25) is 17.7 Å². The van der Waals surface area contributed by atoms with Gasteiger partial charge in [-0.15, -0.1) is 11.8 Å². The molecule has 2 bridgehead atoms. The van der Waals surface area contributed by atoms with Crippen LogP contribution in [0, 0.1) is 11.8 Å². The first-order valence-electron chi connectivity index (χ1n) is 12.8. The SMILES string of the molecule is O=C(NC1CCCCC1)C1N(CCCO)C(=O)[C@@H]2[C@H](C(=O)NCc3ccccc3)[C@@H]3CCC12S3. The number of carbonyl (C=O) groups is 3. The van der Waals surface area contributed by atoms with E-state index in [4.69, 9.17) is 0 Å². The maximum atomic E-state index is 13.7. The molecule has 5 atom stereocenters. The van der Waals surface area contributed by atoms with E-state index in [9.17, 15) is 19.5 Å². The summed E-state index contributed by atoms with van der Waals surface area (Å²) in [6.45, 7) is 0.746. The summed E-state index contributed by atoms with van der Waals surface area (Å²) in [4.78, 5) is 42.5. The summed E-state index contributed by atoms with van der Waals surface area (Å²) in [5, 5.41) is 15.8. The van der Waals surface area contributed by atoms with Gasteiger partial charge in [0.1, 0.15) is 6.04 Å². The summed E-state index contributed by atoms with van der Waals surface area (Å²) < 4.78 is -0.551. The van der Waals surface area contributed by atoms with Crippen LogP contribution in [0.5, 0.6) is 0 Å². The summed E-state index contributed by atoms with van der Waals surface area (Å²) in [5.41, 5.74) is 1.02. The van der Waals surface area contributed by atoms with Gasteiger partial charge in [0.25, 0.3) is 0 Å². The van der Waals surface area contributed by atoms with Crippen LogP contribution >= 0.6 is 11.8 Å². The second-order valence-electron chi connectivity index (χ2n) is 10.2. The standard InChI is InChI=1S/C26H35N3O4S/c30-15-7-14-29-22(24(32)28-18-10-5-2-6-11-18)26-13-12-19(34-26)20(21(26)25(29)33)23(31)27-16-17-8-3-1-4-9-17/h1,3-4,8-9,18-22,30H,2,5-7,10-16H2,(H,27,31)(H,28,32)/t19-,20+,21-,22?,26?/m0/s1. The average Bonchev–Trinajstić information content (AvgIpc) is 3.50. The van der Waals surface area contributed by atoms with Gasteiger partial charge in [0.15, 0.2) is 0 Å². The smallest absolute Gasteiger partial charge is 0.244 e. The van der Waals surface area contributed by atoms with Gasteiger partial charge in [-0.3, -0.25) is 14.4 Å². The van der Waals surface area contributed by atoms with E-state index in [2.05, 4.69) is 10.6 Å². The van der Waals surface area contributed by atoms with Crippen molar-refractivity contribution in [1.82, 2.24) is 15.5 Å². The zero-order valence-corrected chi connectivity index (χ0v) is 20.4. The highest BCUT2D eigenvalue weighted by atomic mass is 32.2. The number of nitrogens with zero attached hydrogens (tertiary/aromatic N) is 1. The van der Waals surface area contributed by atoms with Gasteiger partial charge in [0.05, 0.1) is 16.6 Å². The van der Waals surface area contributed by atoms with Crippen molar-refractivity contribution in [3.05, 3.63) is 35.9 Å². The van der Waals surface area contributed by atoms with E-state index in [1.165, 1.54) is 6.42 Å². The van der Waals surface area contributed by atoms with Crippen LogP contribution in [0.3, 0.4) is 0 Å². The van der Waals surface area contributed by atoms with E-state index in [1.54, 1.807) is 16.7 Å². The van der Waals surface area contributed by atoms with Crippen molar-refractivity contribution in [2.45, 2.75) is 80.0 Å². The highest BCUT2D eigenvalue weighted by Gasteiger charge is 2.73. The number of nitrogens with one attached hydrogen (secondary N) is 2. The maximum absolute atomic E-state index is 13.7. The van der Waals surface area contributed by atoms with Crippen molar-refractivity contribution in [3.8, 4) is 0 Å². The molecule has 3 aliphatic heterocycles. The first-order valence-corrected chi connectivity index (χ1v) is 13.6. The predicted molar refractivity (Wildman–Crippen MR) is 131 cm³/mol. The Labute approximate surface area is 205 Å². The number of rotatable bonds is 8. The fraction of sp³-hybridized carbons (Fsp3) is 0.654. The molecule has 7 nitrogen and oxygen atoms in total. The van der Waals surface area contributed by atoms with Crippen LogP contribution in [0.1, 0.15) is 56.9 Å². The van der Waals surface area contributed by atoms with E-state index in [1.807, 2.05) is 30.3 Å². The lowest BCUT2D eigenvalue weighted by molar-refractivity contribution is -0.140. The number of likely N-dealkylation sites (tertiary alicyclic amines) is 1. The van der Waals surface area contributed by atoms with E-state index in [-0.39, 0.29) is 35.6 Å². The first kappa shape index (κ1) is 23.7. The first-order chi connectivity index (χ1) is 16.5. The third kappa shape index (κ3) is 4.13. The molecule has 3 N–H and O–H groups in total. The minimum atomic E-state index is -0.569. The molecule has 1 spiro atoms. The van der Waals surface area contributed by atoms with E-state index >= 15 is 0 Å². The van der Waals surface area contributed by atoms with Gasteiger partial charge < -0.3 is 20.6 Å². The number of aliphatic hydroxyl groups excluding tert-OH is 1. The largest absolute Gasteiger partial charge is 0.396 e. The molecule has 5 rings (SSSR count). The van der Waals surface area contributed by atoms with Gasteiger partial charge >= 0.3 is 0 Å². The number of carbonyl (C=O) groups excluding carboxylic acids is 3. The van der Waals surface area contributed by atoms with Crippen molar-refractivity contribution < 1.29 is 19.5 Å². The number of hydrogen-bond donors (Lipinski definition) is 3. The Morgan fingerprint density at radius 1 is 1.09 bits per heavy atom. The highest BCUT2D eigenvalue weighted by molar-refractivity contribution is 8.02. The zero-order valence-electron chi connectivity index (χ0n) is 19.6. The predicted octanol–water partition coefficient (Wildman–Crippen LogP) is 2.23. The Kier molecular flexibility index (Phi) is 6.89. The van der Waals surface area contributed by atoms with Crippen LogP contribution in [0.25, 0.3) is 0 Å². The zero-order chi connectivity index (χ0) is 23.7. The monoisotopic (exact) mass is 485 g/mol. The van der Waals surface area contributed by atoms with E-state index in [0.29, 0.717) is 19.5 Å². The number of hydrogen-bond acceptors (Lipinski definition) is 5. The molecule has 1 aromatic carbocycles. The number of fused-ring (bicyclic) bond motifs is 1. The molecular weight excluding hydrogens is 450 g/mol. The average molecular weight is 486 g/mol. The molecule has 184 valence electrons. The van der Waals surface area contributed by atoms with Crippen LogP contribution in [-0.2, 0) is 20.9 Å². The Morgan fingerprint density at radius 3 is 2.59 bits per heavy atom. The molecule has 0 aromatic heterocycles. The van der Waals surface area contributed by atoms with Gasteiger partial charge in [-0.1, -0.05) is 49.6 Å². The van der Waals surface area contributed by atoms with Crippen molar-refractivity contribution in [1.29, 1.82) is 0 Å². The minimum absolute atomic E-state index is 0.0326. The fourth-order valence-electron chi connectivity index (χ4n) is 6.67. The molecule has 0 radical (unpaired) electrons. The third-order valence-electron chi connectivity index (χ3n) is 8.17. The quantitative estimate of drug-likeness (QED) is 0.525. The van der Waals surface area contributed by atoms with Crippen LogP contribution in [0.4, 0.5) is 0 Å². The molecule has 1 aliphatic carbocycles. The van der Waals surface area contributed by atoms with Gasteiger partial charge in [-0.25, -0.2) is 0 Å². The summed E-state index contributed by atoms with van der Waals surface area (Å²) in [6, 6.07) is 9.37. The van der Waals surface area contributed by atoms with Crippen molar-refractivity contribution >= 4 is 29.5 Å². The lowest BCUT2D eigenvalue weighted by atomic mass is 9.70. The van der Waals surface area contributed by atoms with Crippen molar-refractivity contribution in [2.24, 2.45) is 11.8 Å². The Balaban J connectivity index is 1.37. The molecule has 4 fully saturated rings. The Hall–Kier alpha value is -2.06. The number of aliphatic hydroxyl groups is 1. The minimum Gasteiger partial charge on any atom is -0.396 e. The van der Waals surface area contributed by atoms with Gasteiger partial charge in [0, 0.05) is 31.0 Å². The molecule has 34 heavy (non-hydrogen) atoms. The molecular formula is C26H35N3O4S. The van der Waals surface area contributed by atoms with Crippen LogP contribution < -0.4 is 10.6 Å². The number of benzene rings is 1.